The van der Waals surface area contributed by atoms with E-state index in [4.69, 9.17) is 9.16 Å². The van der Waals surface area contributed by atoms with Gasteiger partial charge in [-0.3, -0.25) is 0 Å². The van der Waals surface area contributed by atoms with Crippen molar-refractivity contribution in [2.45, 2.75) is 51.2 Å². The van der Waals surface area contributed by atoms with Crippen LogP contribution in [0.3, 0.4) is 0 Å². The smallest absolute Gasteiger partial charge is 0.320 e. The molecule has 3 aromatic rings. The molecule has 0 spiro atoms. The molecule has 0 amide bonds. The summed E-state index contributed by atoms with van der Waals surface area (Å²) in [5, 5.41) is 13.1. The lowest BCUT2D eigenvalue weighted by atomic mass is 10.0. The van der Waals surface area contributed by atoms with Crippen LogP contribution in [0.1, 0.15) is 51.7 Å². The number of para-hydroxylation sites is 1. The molecule has 1 atom stereocenters. The first kappa shape index (κ1) is 24.8. The van der Waals surface area contributed by atoms with Gasteiger partial charge in [0.1, 0.15) is 5.75 Å². The minimum absolute atomic E-state index is 0.167. The van der Waals surface area contributed by atoms with E-state index in [2.05, 4.69) is 75.9 Å². The fourth-order valence-electron chi connectivity index (χ4n) is 4.52. The molecule has 0 aliphatic heterocycles. The van der Waals surface area contributed by atoms with Crippen LogP contribution in [0.25, 0.3) is 0 Å². The normalized spacial score (nSPS) is 12.8. The highest BCUT2D eigenvalue weighted by Crippen LogP contribution is 2.42. The second-order valence-electron chi connectivity index (χ2n) is 9.38. The Morgan fingerprint density at radius 2 is 1.48 bits per heavy atom. The summed E-state index contributed by atoms with van der Waals surface area (Å²) in [7, 11) is -1.16. The molecule has 174 valence electrons. The lowest BCUT2D eigenvalue weighted by Gasteiger charge is -2.43. The quantitative estimate of drug-likeness (QED) is 0.228. The molecule has 3 aromatic carbocycles. The van der Waals surface area contributed by atoms with Gasteiger partial charge in [0.25, 0.3) is 0 Å². The maximum Gasteiger partial charge on any atom is 0.320 e. The Morgan fingerprint density at radius 3 is 1.97 bits per heavy atom. The van der Waals surface area contributed by atoms with Crippen LogP contribution in [0.15, 0.2) is 91.5 Å². The van der Waals surface area contributed by atoms with Crippen LogP contribution in [0, 0.1) is 0 Å². The van der Waals surface area contributed by atoms with E-state index in [1.54, 1.807) is 7.11 Å². The number of aliphatic hydroxyl groups excluding tert-OH is 1. The third-order valence-electron chi connectivity index (χ3n) is 6.14. The largest absolute Gasteiger partial charge is 0.531 e. The number of aliphatic hydroxyl groups is 1. The molecule has 0 saturated heterocycles. The standard InChI is InChI=1S/C29H36O3Si/c1-6-7-10-21-26(30)25-20-15-22-27(28(25)31-5)32-33(29(2,3)4,23-16-11-8-12-17-23)24-18-13-9-14-19-24/h6,8-9,11-20,22,26,30H,1,7,10,21H2,2-5H3/t26-/m1/s1. The van der Waals surface area contributed by atoms with E-state index in [9.17, 15) is 5.11 Å². The molecule has 3 nitrogen and oxygen atoms in total. The minimum Gasteiger partial charge on any atom is -0.531 e. The van der Waals surface area contributed by atoms with Crippen molar-refractivity contribution in [3.05, 3.63) is 97.1 Å². The Hall–Kier alpha value is -2.82. The predicted octanol–water partition coefficient (Wildman–Crippen LogP) is 6.02. The van der Waals surface area contributed by atoms with E-state index in [0.717, 1.165) is 18.4 Å². The molecule has 0 aliphatic carbocycles. The van der Waals surface area contributed by atoms with Crippen molar-refractivity contribution >= 4 is 18.7 Å². The second kappa shape index (κ2) is 10.9. The van der Waals surface area contributed by atoms with Gasteiger partial charge in [0.2, 0.25) is 0 Å². The van der Waals surface area contributed by atoms with Crippen LogP contribution in [-0.2, 0) is 0 Å². The molecule has 1 N–H and O–H groups in total. The molecular weight excluding hydrogens is 424 g/mol. The van der Waals surface area contributed by atoms with Crippen molar-refractivity contribution in [3.8, 4) is 11.5 Å². The molecule has 0 radical (unpaired) electrons. The molecular formula is C29H36O3Si. The number of benzene rings is 3. The molecule has 0 aliphatic rings. The summed E-state index contributed by atoms with van der Waals surface area (Å²) >= 11 is 0. The maximum absolute atomic E-state index is 10.9. The molecule has 4 heteroatoms. The van der Waals surface area contributed by atoms with Crippen molar-refractivity contribution in [2.75, 3.05) is 7.11 Å². The van der Waals surface area contributed by atoms with Crippen molar-refractivity contribution in [2.24, 2.45) is 0 Å². The van der Waals surface area contributed by atoms with Crippen LogP contribution >= 0.6 is 0 Å². The monoisotopic (exact) mass is 460 g/mol. The lowest BCUT2D eigenvalue weighted by Crippen LogP contribution is -2.68. The average molecular weight is 461 g/mol. The summed E-state index contributed by atoms with van der Waals surface area (Å²) in [6.07, 6.45) is 3.64. The summed E-state index contributed by atoms with van der Waals surface area (Å²) in [5.41, 5.74) is 0.761. The first-order valence-corrected chi connectivity index (χ1v) is 13.5. The van der Waals surface area contributed by atoms with Crippen LogP contribution < -0.4 is 19.5 Å². The molecule has 0 heterocycles. The Morgan fingerprint density at radius 1 is 0.909 bits per heavy atom. The Labute approximate surface area is 199 Å². The van der Waals surface area contributed by atoms with Crippen molar-refractivity contribution in [1.29, 1.82) is 0 Å². The number of methoxy groups -OCH3 is 1. The van der Waals surface area contributed by atoms with Gasteiger partial charge in [0, 0.05) is 5.56 Å². The van der Waals surface area contributed by atoms with E-state index in [0.29, 0.717) is 17.9 Å². The lowest BCUT2D eigenvalue weighted by molar-refractivity contribution is 0.160. The molecule has 33 heavy (non-hydrogen) atoms. The van der Waals surface area contributed by atoms with E-state index in [-0.39, 0.29) is 5.04 Å². The SMILES string of the molecule is C=CCCC[C@@H](O)c1cccc(O[Si](c2ccccc2)(c2ccccc2)C(C)(C)C)c1OC. The highest BCUT2D eigenvalue weighted by molar-refractivity contribution is 7.00. The molecule has 0 unspecified atom stereocenters. The van der Waals surface area contributed by atoms with Crippen molar-refractivity contribution in [1.82, 2.24) is 0 Å². The Balaban J connectivity index is 2.17. The van der Waals surface area contributed by atoms with Gasteiger partial charge in [0.05, 0.1) is 13.2 Å². The summed E-state index contributed by atoms with van der Waals surface area (Å²) in [6.45, 7) is 10.5. The maximum atomic E-state index is 10.9. The van der Waals surface area contributed by atoms with Gasteiger partial charge in [-0.15, -0.1) is 6.58 Å². The van der Waals surface area contributed by atoms with Gasteiger partial charge in [0.15, 0.2) is 5.75 Å². The van der Waals surface area contributed by atoms with E-state index >= 15 is 0 Å². The highest BCUT2D eigenvalue weighted by atomic mass is 28.4. The first-order valence-electron chi connectivity index (χ1n) is 11.6. The Kier molecular flexibility index (Phi) is 8.17. The number of hydrogen-bond donors (Lipinski definition) is 1. The van der Waals surface area contributed by atoms with Gasteiger partial charge in [-0.05, 0) is 40.7 Å². The number of hydrogen-bond acceptors (Lipinski definition) is 3. The zero-order chi connectivity index (χ0) is 23.9. The van der Waals surface area contributed by atoms with Gasteiger partial charge in [-0.25, -0.2) is 0 Å². The fourth-order valence-corrected chi connectivity index (χ4v) is 8.94. The van der Waals surface area contributed by atoms with E-state index in [1.165, 1.54) is 10.4 Å². The summed E-state index contributed by atoms with van der Waals surface area (Å²) in [5.74, 6) is 1.28. The van der Waals surface area contributed by atoms with Gasteiger partial charge < -0.3 is 14.3 Å². The molecule has 0 saturated carbocycles. The van der Waals surface area contributed by atoms with E-state index in [1.807, 2.05) is 36.4 Å². The number of allylic oxidation sites excluding steroid dienone is 1. The van der Waals surface area contributed by atoms with Crippen molar-refractivity contribution < 1.29 is 14.3 Å². The van der Waals surface area contributed by atoms with Crippen LogP contribution in [0.4, 0.5) is 0 Å². The molecule has 0 fully saturated rings. The molecule has 0 bridgehead atoms. The topological polar surface area (TPSA) is 38.7 Å². The third-order valence-corrected chi connectivity index (χ3v) is 11.1. The summed E-state index contributed by atoms with van der Waals surface area (Å²) in [6, 6.07) is 26.9. The fraction of sp³-hybridized carbons (Fsp3) is 0.310. The second-order valence-corrected chi connectivity index (χ2v) is 13.6. The third kappa shape index (κ3) is 5.23. The molecule has 3 rings (SSSR count). The van der Waals surface area contributed by atoms with Crippen molar-refractivity contribution in [3.63, 3.8) is 0 Å². The zero-order valence-corrected chi connectivity index (χ0v) is 21.3. The Bertz CT molecular complexity index is 986. The highest BCUT2D eigenvalue weighted by Gasteiger charge is 2.52. The van der Waals surface area contributed by atoms with Gasteiger partial charge in [-0.1, -0.05) is 99.6 Å². The van der Waals surface area contributed by atoms with E-state index < -0.39 is 14.4 Å². The average Bonchev–Trinajstić information content (AvgIpc) is 2.82. The first-order chi connectivity index (χ1) is 15.8. The summed E-state index contributed by atoms with van der Waals surface area (Å²) in [4.78, 5) is 0. The van der Waals surface area contributed by atoms with Crippen LogP contribution in [0.5, 0.6) is 11.5 Å². The molecule has 0 aromatic heterocycles. The van der Waals surface area contributed by atoms with Crippen LogP contribution in [0.2, 0.25) is 5.04 Å². The number of rotatable bonds is 10. The predicted molar refractivity (Wildman–Crippen MR) is 140 cm³/mol. The van der Waals surface area contributed by atoms with Gasteiger partial charge in [-0.2, -0.15) is 0 Å². The van der Waals surface area contributed by atoms with Gasteiger partial charge >= 0.3 is 8.32 Å². The summed E-state index contributed by atoms with van der Waals surface area (Å²) < 4.78 is 13.0. The minimum atomic E-state index is -2.80. The zero-order valence-electron chi connectivity index (χ0n) is 20.3. The number of unbranched alkanes of at least 4 members (excludes halogenated alkanes) is 1. The number of ether oxygens (including phenoxy) is 1. The van der Waals surface area contributed by atoms with Crippen LogP contribution in [-0.4, -0.2) is 20.5 Å².